The van der Waals surface area contributed by atoms with Crippen LogP contribution in [0.2, 0.25) is 0 Å². The number of hydrogen-bond donors (Lipinski definition) is 2. The van der Waals surface area contributed by atoms with Crippen molar-refractivity contribution in [1.29, 1.82) is 0 Å². The van der Waals surface area contributed by atoms with Gasteiger partial charge >= 0.3 is 6.03 Å². The third-order valence-electron chi connectivity index (χ3n) is 3.14. The third-order valence-corrected chi connectivity index (χ3v) is 3.64. The average Bonchev–Trinajstić information content (AvgIpc) is 2.80. The maximum atomic E-state index is 11.7. The van der Waals surface area contributed by atoms with Crippen molar-refractivity contribution in [1.82, 2.24) is 10.2 Å². The number of urea groups is 1. The van der Waals surface area contributed by atoms with Gasteiger partial charge in [0.1, 0.15) is 0 Å². The minimum absolute atomic E-state index is 0.226. The summed E-state index contributed by atoms with van der Waals surface area (Å²) in [7, 11) is 0. The molecule has 0 unspecified atom stereocenters. The van der Waals surface area contributed by atoms with Gasteiger partial charge in [0, 0.05) is 36.2 Å². The topological polar surface area (TPSA) is 61.4 Å². The Kier molecular flexibility index (Phi) is 5.40. The van der Waals surface area contributed by atoms with Gasteiger partial charge in [-0.05, 0) is 31.0 Å². The monoisotopic (exact) mass is 339 g/mol. The molecular formula is C14H18BrN3O2. The Hall–Kier alpha value is -1.56. The second-order valence-electron chi connectivity index (χ2n) is 4.73. The molecule has 1 saturated heterocycles. The lowest BCUT2D eigenvalue weighted by atomic mass is 10.3. The van der Waals surface area contributed by atoms with Crippen LogP contribution < -0.4 is 10.6 Å². The number of hydrogen-bond acceptors (Lipinski definition) is 2. The van der Waals surface area contributed by atoms with Gasteiger partial charge in [0.15, 0.2) is 0 Å². The largest absolute Gasteiger partial charge is 0.343 e. The van der Waals surface area contributed by atoms with Crippen molar-refractivity contribution in [2.75, 3.05) is 25.0 Å². The highest BCUT2D eigenvalue weighted by molar-refractivity contribution is 9.10. The maximum absolute atomic E-state index is 11.7. The van der Waals surface area contributed by atoms with E-state index in [1.807, 2.05) is 29.2 Å². The van der Waals surface area contributed by atoms with Gasteiger partial charge in [-0.2, -0.15) is 0 Å². The summed E-state index contributed by atoms with van der Waals surface area (Å²) in [6, 6.07) is 7.20. The number of nitrogens with one attached hydrogen (secondary N) is 2. The molecule has 1 heterocycles. The van der Waals surface area contributed by atoms with Gasteiger partial charge in [0.05, 0.1) is 0 Å². The van der Waals surface area contributed by atoms with Crippen molar-refractivity contribution in [3.8, 4) is 0 Å². The number of carbonyl (C=O) groups excluding carboxylic acids is 2. The van der Waals surface area contributed by atoms with Gasteiger partial charge in [-0.15, -0.1) is 0 Å². The molecule has 0 spiro atoms. The molecular weight excluding hydrogens is 322 g/mol. The molecule has 1 aromatic carbocycles. The van der Waals surface area contributed by atoms with Crippen LogP contribution in [-0.2, 0) is 4.79 Å². The number of nitrogens with zero attached hydrogens (tertiary/aromatic N) is 1. The molecule has 1 aliphatic rings. The van der Waals surface area contributed by atoms with E-state index < -0.39 is 0 Å². The first-order valence-electron chi connectivity index (χ1n) is 6.73. The van der Waals surface area contributed by atoms with Crippen molar-refractivity contribution in [2.45, 2.75) is 19.3 Å². The van der Waals surface area contributed by atoms with Crippen molar-refractivity contribution < 1.29 is 9.59 Å². The fourth-order valence-corrected chi connectivity index (χ4v) is 2.55. The van der Waals surface area contributed by atoms with Gasteiger partial charge in [-0.1, -0.05) is 22.0 Å². The lowest BCUT2D eigenvalue weighted by molar-refractivity contribution is -0.127. The summed E-state index contributed by atoms with van der Waals surface area (Å²) in [5.74, 6) is 0.226. The highest BCUT2D eigenvalue weighted by Gasteiger charge is 2.18. The number of benzene rings is 1. The van der Waals surface area contributed by atoms with Crippen molar-refractivity contribution >= 4 is 33.6 Å². The smallest absolute Gasteiger partial charge is 0.319 e. The number of carbonyl (C=O) groups is 2. The Labute approximate surface area is 126 Å². The van der Waals surface area contributed by atoms with Crippen LogP contribution in [0.4, 0.5) is 10.5 Å². The number of rotatable bonds is 5. The first-order chi connectivity index (χ1) is 9.65. The minimum Gasteiger partial charge on any atom is -0.343 e. The molecule has 108 valence electrons. The molecule has 3 amide bonds. The van der Waals surface area contributed by atoms with Crippen LogP contribution in [0.15, 0.2) is 28.7 Å². The molecule has 0 saturated carbocycles. The molecule has 2 rings (SSSR count). The Morgan fingerprint density at radius 1 is 1.40 bits per heavy atom. The normalized spacial score (nSPS) is 14.4. The Morgan fingerprint density at radius 3 is 2.95 bits per heavy atom. The zero-order valence-electron chi connectivity index (χ0n) is 11.2. The summed E-state index contributed by atoms with van der Waals surface area (Å²) < 4.78 is 0.919. The van der Waals surface area contributed by atoms with E-state index in [-0.39, 0.29) is 11.9 Å². The minimum atomic E-state index is -0.226. The van der Waals surface area contributed by atoms with Crippen LogP contribution >= 0.6 is 15.9 Å². The second-order valence-corrected chi connectivity index (χ2v) is 5.64. The summed E-state index contributed by atoms with van der Waals surface area (Å²) >= 11 is 3.35. The first kappa shape index (κ1) is 14.8. The SMILES string of the molecule is O=C(NCCCN1CCCC1=O)Nc1cccc(Br)c1. The fraction of sp³-hybridized carbons (Fsp3) is 0.429. The van der Waals surface area contributed by atoms with Gasteiger partial charge in [-0.3, -0.25) is 4.79 Å². The molecule has 6 heteroatoms. The number of anilines is 1. The summed E-state index contributed by atoms with van der Waals surface area (Å²) in [6.45, 7) is 2.13. The van der Waals surface area contributed by atoms with E-state index in [4.69, 9.17) is 0 Å². The lowest BCUT2D eigenvalue weighted by Gasteiger charge is -2.15. The molecule has 0 bridgehead atoms. The lowest BCUT2D eigenvalue weighted by Crippen LogP contribution is -2.32. The summed E-state index contributed by atoms with van der Waals surface area (Å²) in [6.07, 6.45) is 2.39. The number of likely N-dealkylation sites (tertiary alicyclic amines) is 1. The number of amides is 3. The van der Waals surface area contributed by atoms with Crippen molar-refractivity contribution in [2.24, 2.45) is 0 Å². The van der Waals surface area contributed by atoms with E-state index in [1.165, 1.54) is 0 Å². The van der Waals surface area contributed by atoms with Crippen LogP contribution in [-0.4, -0.2) is 36.5 Å². The van der Waals surface area contributed by atoms with E-state index in [9.17, 15) is 9.59 Å². The van der Waals surface area contributed by atoms with Crippen LogP contribution in [0.3, 0.4) is 0 Å². The maximum Gasteiger partial charge on any atom is 0.319 e. The fourth-order valence-electron chi connectivity index (χ4n) is 2.15. The van der Waals surface area contributed by atoms with E-state index >= 15 is 0 Å². The molecule has 0 atom stereocenters. The molecule has 1 aromatic rings. The van der Waals surface area contributed by atoms with E-state index in [0.29, 0.717) is 13.0 Å². The Balaban J connectivity index is 1.64. The van der Waals surface area contributed by atoms with Crippen LogP contribution in [0, 0.1) is 0 Å². The van der Waals surface area contributed by atoms with Crippen LogP contribution in [0.1, 0.15) is 19.3 Å². The average molecular weight is 340 g/mol. The molecule has 1 fully saturated rings. The summed E-state index contributed by atoms with van der Waals surface area (Å²) in [5, 5.41) is 5.55. The van der Waals surface area contributed by atoms with Crippen molar-refractivity contribution in [3.63, 3.8) is 0 Å². The Morgan fingerprint density at radius 2 is 2.25 bits per heavy atom. The van der Waals surface area contributed by atoms with Crippen LogP contribution in [0.5, 0.6) is 0 Å². The molecule has 2 N–H and O–H groups in total. The molecule has 0 aliphatic carbocycles. The predicted molar refractivity (Wildman–Crippen MR) is 81.6 cm³/mol. The van der Waals surface area contributed by atoms with Crippen LogP contribution in [0.25, 0.3) is 0 Å². The standard InChI is InChI=1S/C14H18BrN3O2/c15-11-4-1-5-12(10-11)17-14(20)16-7-3-9-18-8-2-6-13(18)19/h1,4-5,10H,2-3,6-9H2,(H2,16,17,20). The summed E-state index contributed by atoms with van der Waals surface area (Å²) in [5.41, 5.74) is 0.742. The zero-order valence-corrected chi connectivity index (χ0v) is 12.8. The van der Waals surface area contributed by atoms with E-state index in [0.717, 1.165) is 36.1 Å². The van der Waals surface area contributed by atoms with Gasteiger partial charge in [-0.25, -0.2) is 4.79 Å². The molecule has 0 radical (unpaired) electrons. The molecule has 1 aliphatic heterocycles. The van der Waals surface area contributed by atoms with E-state index in [2.05, 4.69) is 26.6 Å². The number of halogens is 1. The third kappa shape index (κ3) is 4.52. The highest BCUT2D eigenvalue weighted by Crippen LogP contribution is 2.15. The Bertz CT molecular complexity index is 493. The zero-order chi connectivity index (χ0) is 14.4. The molecule has 0 aromatic heterocycles. The molecule has 20 heavy (non-hydrogen) atoms. The quantitative estimate of drug-likeness (QED) is 0.810. The van der Waals surface area contributed by atoms with Crippen molar-refractivity contribution in [3.05, 3.63) is 28.7 Å². The second kappa shape index (κ2) is 7.28. The van der Waals surface area contributed by atoms with Gasteiger partial charge in [0.25, 0.3) is 0 Å². The predicted octanol–water partition coefficient (Wildman–Crippen LogP) is 2.58. The van der Waals surface area contributed by atoms with E-state index in [1.54, 1.807) is 0 Å². The first-order valence-corrected chi connectivity index (χ1v) is 7.52. The molecule has 5 nitrogen and oxygen atoms in total. The highest BCUT2D eigenvalue weighted by atomic mass is 79.9. The van der Waals surface area contributed by atoms with Gasteiger partial charge in [0.2, 0.25) is 5.91 Å². The summed E-state index contributed by atoms with van der Waals surface area (Å²) in [4.78, 5) is 24.9. The van der Waals surface area contributed by atoms with Gasteiger partial charge < -0.3 is 15.5 Å².